The third kappa shape index (κ3) is 3.34. The van der Waals surface area contributed by atoms with Crippen molar-refractivity contribution in [3.05, 3.63) is 58.1 Å². The number of hydrogen-bond acceptors (Lipinski definition) is 5. The molecule has 2 aromatic carbocycles. The molecule has 0 spiro atoms. The van der Waals surface area contributed by atoms with Gasteiger partial charge in [-0.2, -0.15) is 0 Å². The van der Waals surface area contributed by atoms with Gasteiger partial charge in [-0.25, -0.2) is 0 Å². The molecule has 0 saturated heterocycles. The molecule has 1 amide bonds. The van der Waals surface area contributed by atoms with Gasteiger partial charge in [0.1, 0.15) is 5.75 Å². The molecular formula is C16H11Cl2N3O3. The number of amides is 1. The van der Waals surface area contributed by atoms with E-state index in [1.54, 1.807) is 25.3 Å². The van der Waals surface area contributed by atoms with Gasteiger partial charge in [0.25, 0.3) is 11.8 Å². The van der Waals surface area contributed by atoms with Gasteiger partial charge in [0.2, 0.25) is 0 Å². The highest BCUT2D eigenvalue weighted by molar-refractivity contribution is 6.37. The number of benzene rings is 2. The Kier molecular flexibility index (Phi) is 4.69. The smallest absolute Gasteiger partial charge is 0.322 e. The highest BCUT2D eigenvalue weighted by Crippen LogP contribution is 2.29. The summed E-state index contributed by atoms with van der Waals surface area (Å²) in [4.78, 5) is 12.2. The van der Waals surface area contributed by atoms with Crippen LogP contribution >= 0.6 is 23.2 Å². The molecule has 122 valence electrons. The Morgan fingerprint density at radius 3 is 2.71 bits per heavy atom. The maximum Gasteiger partial charge on any atom is 0.322 e. The van der Waals surface area contributed by atoms with Gasteiger partial charge in [0.05, 0.1) is 23.3 Å². The van der Waals surface area contributed by atoms with E-state index in [1.165, 1.54) is 12.1 Å². The lowest BCUT2D eigenvalue weighted by Crippen LogP contribution is -2.12. The third-order valence-electron chi connectivity index (χ3n) is 3.16. The first-order valence-electron chi connectivity index (χ1n) is 6.82. The number of nitrogens with one attached hydrogen (secondary N) is 1. The van der Waals surface area contributed by atoms with Crippen molar-refractivity contribution < 1.29 is 13.9 Å². The largest absolute Gasteiger partial charge is 0.496 e. The highest BCUT2D eigenvalue weighted by Gasteiger charge is 2.17. The standard InChI is InChI=1S/C16H11Cl2N3O3/c1-23-13-5-3-2-4-11(13)15-20-21-16(24-15)19-14(22)10-7-6-9(17)8-12(10)18/h2-8H,1H3,(H,19,21,22). The second-order valence-electron chi connectivity index (χ2n) is 4.69. The van der Waals surface area contributed by atoms with E-state index in [1.807, 2.05) is 12.1 Å². The van der Waals surface area contributed by atoms with Crippen LogP contribution in [0.25, 0.3) is 11.5 Å². The van der Waals surface area contributed by atoms with Crippen molar-refractivity contribution in [3.8, 4) is 17.2 Å². The van der Waals surface area contributed by atoms with Crippen LogP contribution in [-0.2, 0) is 0 Å². The number of halogens is 2. The Bertz CT molecular complexity index is 896. The fourth-order valence-electron chi connectivity index (χ4n) is 2.04. The van der Waals surface area contributed by atoms with Crippen molar-refractivity contribution in [2.24, 2.45) is 0 Å². The van der Waals surface area contributed by atoms with Gasteiger partial charge in [-0.15, -0.1) is 5.10 Å². The molecule has 0 aliphatic rings. The number of carbonyl (C=O) groups is 1. The molecule has 3 aromatic rings. The van der Waals surface area contributed by atoms with Gasteiger partial charge >= 0.3 is 6.01 Å². The first-order chi connectivity index (χ1) is 11.6. The number of rotatable bonds is 4. The van der Waals surface area contributed by atoms with Crippen LogP contribution in [-0.4, -0.2) is 23.2 Å². The molecule has 0 bridgehead atoms. The van der Waals surface area contributed by atoms with E-state index < -0.39 is 5.91 Å². The van der Waals surface area contributed by atoms with Crippen LogP contribution in [0, 0.1) is 0 Å². The minimum atomic E-state index is -0.480. The summed E-state index contributed by atoms with van der Waals surface area (Å²) in [7, 11) is 1.54. The van der Waals surface area contributed by atoms with Gasteiger partial charge < -0.3 is 9.15 Å². The molecule has 3 rings (SSSR count). The number of anilines is 1. The fourth-order valence-corrected chi connectivity index (χ4v) is 2.54. The van der Waals surface area contributed by atoms with E-state index in [4.69, 9.17) is 32.4 Å². The lowest BCUT2D eigenvalue weighted by Gasteiger charge is -2.04. The Morgan fingerprint density at radius 1 is 1.17 bits per heavy atom. The summed E-state index contributed by atoms with van der Waals surface area (Å²) in [5.41, 5.74) is 0.871. The van der Waals surface area contributed by atoms with Gasteiger partial charge in [0, 0.05) is 5.02 Å². The van der Waals surface area contributed by atoms with Crippen LogP contribution in [0.5, 0.6) is 5.75 Å². The zero-order chi connectivity index (χ0) is 17.1. The second kappa shape index (κ2) is 6.90. The van der Waals surface area contributed by atoms with Crippen LogP contribution in [0.1, 0.15) is 10.4 Å². The van der Waals surface area contributed by atoms with E-state index in [-0.39, 0.29) is 22.5 Å². The molecule has 8 heteroatoms. The van der Waals surface area contributed by atoms with Crippen molar-refractivity contribution in [2.75, 3.05) is 12.4 Å². The molecule has 0 aliphatic carbocycles. The topological polar surface area (TPSA) is 77.3 Å². The molecule has 1 N–H and O–H groups in total. The summed E-state index contributed by atoms with van der Waals surface area (Å²) in [5.74, 6) is 0.330. The van der Waals surface area contributed by atoms with Crippen molar-refractivity contribution >= 4 is 35.1 Å². The zero-order valence-electron chi connectivity index (χ0n) is 12.4. The third-order valence-corrected chi connectivity index (χ3v) is 3.71. The summed E-state index contributed by atoms with van der Waals surface area (Å²) in [6.45, 7) is 0. The lowest BCUT2D eigenvalue weighted by atomic mass is 10.2. The Morgan fingerprint density at radius 2 is 1.96 bits per heavy atom. The average molecular weight is 364 g/mol. The summed E-state index contributed by atoms with van der Waals surface area (Å²) < 4.78 is 10.7. The maximum absolute atomic E-state index is 12.2. The first kappa shape index (κ1) is 16.3. The minimum Gasteiger partial charge on any atom is -0.496 e. The molecular weight excluding hydrogens is 353 g/mol. The first-order valence-corrected chi connectivity index (χ1v) is 7.57. The molecule has 24 heavy (non-hydrogen) atoms. The molecule has 6 nitrogen and oxygen atoms in total. The van der Waals surface area contributed by atoms with Crippen molar-refractivity contribution in [1.82, 2.24) is 10.2 Å². The highest BCUT2D eigenvalue weighted by atomic mass is 35.5. The van der Waals surface area contributed by atoms with Crippen LogP contribution in [0.4, 0.5) is 6.01 Å². The molecule has 0 fully saturated rings. The SMILES string of the molecule is COc1ccccc1-c1nnc(NC(=O)c2ccc(Cl)cc2Cl)o1. The number of nitrogens with zero attached hydrogens (tertiary/aromatic N) is 2. The summed E-state index contributed by atoms with van der Waals surface area (Å²) >= 11 is 11.8. The Labute approximate surface area is 147 Å². The quantitative estimate of drug-likeness (QED) is 0.747. The zero-order valence-corrected chi connectivity index (χ0v) is 13.9. The molecule has 0 atom stereocenters. The summed E-state index contributed by atoms with van der Waals surface area (Å²) in [5, 5.41) is 10.9. The van der Waals surface area contributed by atoms with Gasteiger partial charge in [-0.1, -0.05) is 40.4 Å². The molecule has 1 heterocycles. The van der Waals surface area contributed by atoms with Crippen LogP contribution < -0.4 is 10.1 Å². The average Bonchev–Trinajstić information content (AvgIpc) is 3.03. The van der Waals surface area contributed by atoms with Crippen molar-refractivity contribution in [3.63, 3.8) is 0 Å². The van der Waals surface area contributed by atoms with Crippen LogP contribution in [0.3, 0.4) is 0 Å². The van der Waals surface area contributed by atoms with Gasteiger partial charge in [0.15, 0.2) is 0 Å². The second-order valence-corrected chi connectivity index (χ2v) is 5.53. The van der Waals surface area contributed by atoms with Gasteiger partial charge in [-0.3, -0.25) is 10.1 Å². The van der Waals surface area contributed by atoms with Crippen molar-refractivity contribution in [2.45, 2.75) is 0 Å². The van der Waals surface area contributed by atoms with Crippen molar-refractivity contribution in [1.29, 1.82) is 0 Å². The monoisotopic (exact) mass is 363 g/mol. The number of ether oxygens (including phenoxy) is 1. The normalized spacial score (nSPS) is 10.5. The molecule has 0 aliphatic heterocycles. The van der Waals surface area contributed by atoms with E-state index in [0.717, 1.165) is 0 Å². The van der Waals surface area contributed by atoms with E-state index in [2.05, 4.69) is 15.5 Å². The van der Waals surface area contributed by atoms with Crippen LogP contribution in [0.2, 0.25) is 10.0 Å². The summed E-state index contributed by atoms with van der Waals surface area (Å²) in [6, 6.07) is 11.7. The molecule has 0 radical (unpaired) electrons. The minimum absolute atomic E-state index is 0.0491. The molecule has 0 unspecified atom stereocenters. The number of hydrogen-bond donors (Lipinski definition) is 1. The Hall–Kier alpha value is -2.57. The number of methoxy groups -OCH3 is 1. The van der Waals surface area contributed by atoms with Gasteiger partial charge in [-0.05, 0) is 30.3 Å². The lowest BCUT2D eigenvalue weighted by molar-refractivity contribution is 0.102. The molecule has 0 saturated carbocycles. The number of aromatic nitrogens is 2. The number of para-hydroxylation sites is 1. The fraction of sp³-hybridized carbons (Fsp3) is 0.0625. The Balaban J connectivity index is 1.82. The predicted octanol–water partition coefficient (Wildman–Crippen LogP) is 4.30. The number of carbonyl (C=O) groups excluding carboxylic acids is 1. The van der Waals surface area contributed by atoms with E-state index in [0.29, 0.717) is 16.3 Å². The summed E-state index contributed by atoms with van der Waals surface area (Å²) in [6.07, 6.45) is 0. The predicted molar refractivity (Wildman–Crippen MR) is 90.7 cm³/mol. The molecule has 1 aromatic heterocycles. The van der Waals surface area contributed by atoms with Crippen LogP contribution in [0.15, 0.2) is 46.9 Å². The van der Waals surface area contributed by atoms with E-state index in [9.17, 15) is 4.79 Å². The van der Waals surface area contributed by atoms with E-state index >= 15 is 0 Å². The maximum atomic E-state index is 12.2.